The van der Waals surface area contributed by atoms with E-state index in [0.29, 0.717) is 23.1 Å². The standard InChI is InChI=1S/C11H12N4O.C7H6/c1-2-13-10(16)9-7-5-3-4-6-8(7)14-11(12)15-9;1-2-7-4-3-6(1)5-7/h3-6H,2H2,1H3,(H,13,16)(H2,12,14,15);1-4H,5H2. The first-order valence-electron chi connectivity index (χ1n) is 7.55. The first kappa shape index (κ1) is 15.0. The number of anilines is 1. The molecule has 0 aliphatic heterocycles. The minimum absolute atomic E-state index is 0.111. The number of nitrogens with one attached hydrogen (secondary N) is 1. The molecule has 1 amide bonds. The molecule has 23 heavy (non-hydrogen) atoms. The molecule has 0 unspecified atom stereocenters. The summed E-state index contributed by atoms with van der Waals surface area (Å²) in [6.07, 6.45) is 9.90. The zero-order chi connectivity index (χ0) is 16.2. The number of hydrogen-bond donors (Lipinski definition) is 2. The Morgan fingerprint density at radius 3 is 2.43 bits per heavy atom. The van der Waals surface area contributed by atoms with Crippen LogP contribution < -0.4 is 11.1 Å². The van der Waals surface area contributed by atoms with E-state index in [-0.39, 0.29) is 11.9 Å². The number of nitrogens with zero attached hydrogens (tertiary/aromatic N) is 2. The number of nitrogens with two attached hydrogens (primary N) is 1. The lowest BCUT2D eigenvalue weighted by Gasteiger charge is -2.05. The summed E-state index contributed by atoms with van der Waals surface area (Å²) in [4.78, 5) is 19.8. The number of fused-ring (bicyclic) bond motifs is 3. The highest BCUT2D eigenvalue weighted by Crippen LogP contribution is 2.27. The molecule has 5 nitrogen and oxygen atoms in total. The van der Waals surface area contributed by atoms with E-state index in [9.17, 15) is 4.79 Å². The number of rotatable bonds is 2. The van der Waals surface area contributed by atoms with Gasteiger partial charge in [0.05, 0.1) is 5.52 Å². The number of benzene rings is 1. The van der Waals surface area contributed by atoms with Gasteiger partial charge in [-0.05, 0) is 30.6 Å². The first-order chi connectivity index (χ1) is 11.2. The van der Waals surface area contributed by atoms with E-state index in [2.05, 4.69) is 39.6 Å². The van der Waals surface area contributed by atoms with Gasteiger partial charge in [-0.3, -0.25) is 4.79 Å². The summed E-state index contributed by atoms with van der Waals surface area (Å²) in [6.45, 7) is 2.40. The molecule has 1 aromatic heterocycles. The van der Waals surface area contributed by atoms with E-state index in [4.69, 9.17) is 5.73 Å². The second-order valence-electron chi connectivity index (χ2n) is 5.30. The molecule has 2 aliphatic rings. The molecule has 2 aromatic rings. The number of carbonyl (C=O) groups excluding carboxylic acids is 1. The Kier molecular flexibility index (Phi) is 4.19. The fraction of sp³-hybridized carbons (Fsp3) is 0.167. The Balaban J connectivity index is 0.000000183. The Hall–Kier alpha value is -2.95. The molecule has 0 saturated carbocycles. The Bertz CT molecular complexity index is 829. The summed E-state index contributed by atoms with van der Waals surface area (Å²) in [7, 11) is 0. The molecule has 5 heteroatoms. The molecule has 1 aromatic carbocycles. The van der Waals surface area contributed by atoms with E-state index >= 15 is 0 Å². The Labute approximate surface area is 134 Å². The number of nitrogen functional groups attached to an aromatic ring is 1. The SMILES string of the molecule is C1=CC2=CC=C1C2.CCNC(=O)c1nc(N)nc2ccccc12. The zero-order valence-corrected chi connectivity index (χ0v) is 12.9. The van der Waals surface area contributed by atoms with Gasteiger partial charge in [0.2, 0.25) is 5.95 Å². The quantitative estimate of drug-likeness (QED) is 0.894. The fourth-order valence-corrected chi connectivity index (χ4v) is 2.52. The fourth-order valence-electron chi connectivity index (χ4n) is 2.52. The lowest BCUT2D eigenvalue weighted by molar-refractivity contribution is 0.0952. The summed E-state index contributed by atoms with van der Waals surface area (Å²) in [6, 6.07) is 7.29. The molecule has 0 saturated heterocycles. The van der Waals surface area contributed by atoms with E-state index in [1.807, 2.05) is 19.1 Å². The van der Waals surface area contributed by atoms with Crippen LogP contribution in [0.1, 0.15) is 23.8 Å². The van der Waals surface area contributed by atoms with Gasteiger partial charge in [0.25, 0.3) is 5.91 Å². The van der Waals surface area contributed by atoms with Gasteiger partial charge in [-0.15, -0.1) is 0 Å². The summed E-state index contributed by atoms with van der Waals surface area (Å²) in [5.74, 6) is -0.118. The maximum Gasteiger partial charge on any atom is 0.270 e. The molecule has 116 valence electrons. The second-order valence-corrected chi connectivity index (χ2v) is 5.30. The summed E-state index contributed by atoms with van der Waals surface area (Å²) in [5.41, 5.74) is 9.49. The normalized spacial score (nSPS) is 14.1. The lowest BCUT2D eigenvalue weighted by atomic mass is 10.2. The van der Waals surface area contributed by atoms with Crippen molar-refractivity contribution in [3.63, 3.8) is 0 Å². The van der Waals surface area contributed by atoms with E-state index < -0.39 is 0 Å². The van der Waals surface area contributed by atoms with Crippen molar-refractivity contribution in [2.45, 2.75) is 13.3 Å². The van der Waals surface area contributed by atoms with Crippen LogP contribution in [0.25, 0.3) is 10.9 Å². The molecular weight excluding hydrogens is 288 g/mol. The maximum absolute atomic E-state index is 11.8. The van der Waals surface area contributed by atoms with Crippen molar-refractivity contribution >= 4 is 22.8 Å². The number of carbonyl (C=O) groups is 1. The van der Waals surface area contributed by atoms with Crippen molar-refractivity contribution in [1.29, 1.82) is 0 Å². The first-order valence-corrected chi connectivity index (χ1v) is 7.55. The van der Waals surface area contributed by atoms with Crippen LogP contribution >= 0.6 is 0 Å². The molecule has 3 N–H and O–H groups in total. The molecule has 0 spiro atoms. The van der Waals surface area contributed by atoms with Crippen LogP contribution in [0, 0.1) is 0 Å². The van der Waals surface area contributed by atoms with Crippen molar-refractivity contribution in [3.8, 4) is 0 Å². The highest BCUT2D eigenvalue weighted by Gasteiger charge is 2.12. The third-order valence-corrected chi connectivity index (χ3v) is 3.60. The average Bonchev–Trinajstić information content (AvgIpc) is 3.20. The smallest absolute Gasteiger partial charge is 0.270 e. The molecule has 0 radical (unpaired) electrons. The molecule has 2 aliphatic carbocycles. The van der Waals surface area contributed by atoms with Crippen LogP contribution in [0.2, 0.25) is 0 Å². The minimum atomic E-state index is -0.229. The number of hydrogen-bond acceptors (Lipinski definition) is 4. The third kappa shape index (κ3) is 3.29. The topological polar surface area (TPSA) is 80.9 Å². The maximum atomic E-state index is 11.8. The summed E-state index contributed by atoms with van der Waals surface area (Å²) >= 11 is 0. The summed E-state index contributed by atoms with van der Waals surface area (Å²) in [5, 5.41) is 3.41. The van der Waals surface area contributed by atoms with Gasteiger partial charge in [-0.2, -0.15) is 0 Å². The van der Waals surface area contributed by atoms with E-state index in [0.717, 1.165) is 0 Å². The monoisotopic (exact) mass is 306 g/mol. The van der Waals surface area contributed by atoms with Gasteiger partial charge in [-0.25, -0.2) is 9.97 Å². The second kappa shape index (κ2) is 6.44. The minimum Gasteiger partial charge on any atom is -0.368 e. The van der Waals surface area contributed by atoms with E-state index in [1.165, 1.54) is 17.6 Å². The van der Waals surface area contributed by atoms with Crippen LogP contribution in [0.5, 0.6) is 0 Å². The van der Waals surface area contributed by atoms with Crippen LogP contribution in [-0.4, -0.2) is 22.4 Å². The Morgan fingerprint density at radius 2 is 1.87 bits per heavy atom. The van der Waals surface area contributed by atoms with Crippen molar-refractivity contribution in [2.24, 2.45) is 0 Å². The molecule has 1 heterocycles. The predicted octanol–water partition coefficient (Wildman–Crippen LogP) is 2.77. The van der Waals surface area contributed by atoms with Crippen LogP contribution in [0.3, 0.4) is 0 Å². The van der Waals surface area contributed by atoms with Gasteiger partial charge in [0.1, 0.15) is 5.69 Å². The highest BCUT2D eigenvalue weighted by atomic mass is 16.1. The van der Waals surface area contributed by atoms with Crippen LogP contribution in [0.4, 0.5) is 5.95 Å². The molecule has 0 atom stereocenters. The van der Waals surface area contributed by atoms with Gasteiger partial charge >= 0.3 is 0 Å². The van der Waals surface area contributed by atoms with Crippen molar-refractivity contribution in [1.82, 2.24) is 15.3 Å². The van der Waals surface area contributed by atoms with Crippen molar-refractivity contribution < 1.29 is 4.79 Å². The van der Waals surface area contributed by atoms with Crippen molar-refractivity contribution in [2.75, 3.05) is 12.3 Å². The zero-order valence-electron chi connectivity index (χ0n) is 12.9. The number of amides is 1. The van der Waals surface area contributed by atoms with E-state index in [1.54, 1.807) is 12.1 Å². The third-order valence-electron chi connectivity index (χ3n) is 3.60. The van der Waals surface area contributed by atoms with Gasteiger partial charge in [0.15, 0.2) is 0 Å². The van der Waals surface area contributed by atoms with Crippen LogP contribution in [-0.2, 0) is 0 Å². The van der Waals surface area contributed by atoms with Gasteiger partial charge in [0, 0.05) is 11.9 Å². The Morgan fingerprint density at radius 1 is 1.17 bits per heavy atom. The largest absolute Gasteiger partial charge is 0.368 e. The lowest BCUT2D eigenvalue weighted by Crippen LogP contribution is -2.24. The number of allylic oxidation sites excluding steroid dienone is 6. The predicted molar refractivity (Wildman–Crippen MR) is 91.9 cm³/mol. The number of para-hydroxylation sites is 1. The molecule has 2 bridgehead atoms. The molecular formula is C18H18N4O. The van der Waals surface area contributed by atoms with Gasteiger partial charge in [-0.1, -0.05) is 42.5 Å². The molecule has 0 fully saturated rings. The van der Waals surface area contributed by atoms with Crippen molar-refractivity contribution in [3.05, 3.63) is 65.4 Å². The average molecular weight is 306 g/mol. The van der Waals surface area contributed by atoms with Crippen LogP contribution in [0.15, 0.2) is 59.7 Å². The van der Waals surface area contributed by atoms with Gasteiger partial charge < -0.3 is 11.1 Å². The number of aromatic nitrogens is 2. The highest BCUT2D eigenvalue weighted by molar-refractivity contribution is 6.04. The summed E-state index contributed by atoms with van der Waals surface area (Å²) < 4.78 is 0. The molecule has 4 rings (SSSR count).